The molecule has 1 N–H and O–H groups in total. The highest BCUT2D eigenvalue weighted by atomic mass is 16.5. The molecule has 2 heterocycles. The van der Waals surface area contributed by atoms with Crippen molar-refractivity contribution < 1.29 is 4.74 Å². The second-order valence-corrected chi connectivity index (χ2v) is 3.44. The van der Waals surface area contributed by atoms with Crippen LogP contribution in [0.1, 0.15) is 6.42 Å². The Bertz CT molecular complexity index is 126. The molecule has 2 rings (SSSR count). The minimum atomic E-state index is 0.696. The predicted octanol–water partition coefficient (Wildman–Crippen LogP) is -0.321. The lowest BCUT2D eigenvalue weighted by molar-refractivity contribution is 0.0128. The lowest BCUT2D eigenvalue weighted by Gasteiger charge is -2.28. The molecule has 2 saturated heterocycles. The number of ether oxygens (including phenoxy) is 1. The summed E-state index contributed by atoms with van der Waals surface area (Å²) in [5, 5.41) is 3.32. The smallest absolute Gasteiger partial charge is 0.0623 e. The van der Waals surface area contributed by atoms with E-state index in [0.717, 1.165) is 19.8 Å². The van der Waals surface area contributed by atoms with Crippen molar-refractivity contribution in [1.82, 2.24) is 10.2 Å². The van der Waals surface area contributed by atoms with E-state index in [2.05, 4.69) is 10.2 Å². The predicted molar refractivity (Wildman–Crippen MR) is 43.6 cm³/mol. The molecule has 2 unspecified atom stereocenters. The van der Waals surface area contributed by atoms with Gasteiger partial charge in [0.15, 0.2) is 0 Å². The number of nitrogens with one attached hydrogen (secondary N) is 1. The van der Waals surface area contributed by atoms with Crippen LogP contribution in [0.25, 0.3) is 0 Å². The minimum Gasteiger partial charge on any atom is -0.378 e. The summed E-state index contributed by atoms with van der Waals surface area (Å²) in [6.45, 7) is 4.21. The van der Waals surface area contributed by atoms with Crippen LogP contribution in [0.5, 0.6) is 0 Å². The van der Waals surface area contributed by atoms with Crippen LogP contribution in [0.2, 0.25) is 0 Å². The van der Waals surface area contributed by atoms with Crippen LogP contribution in [0.4, 0.5) is 0 Å². The zero-order valence-electron chi connectivity index (χ0n) is 7.05. The molecule has 0 amide bonds. The molecule has 2 atom stereocenters. The normalized spacial score (nSPS) is 39.0. The van der Waals surface area contributed by atoms with Crippen molar-refractivity contribution in [2.45, 2.75) is 18.5 Å². The van der Waals surface area contributed by atoms with Crippen molar-refractivity contribution in [3.05, 3.63) is 0 Å². The first-order valence-corrected chi connectivity index (χ1v) is 4.39. The van der Waals surface area contributed by atoms with Gasteiger partial charge in [-0.15, -0.1) is 0 Å². The van der Waals surface area contributed by atoms with Crippen LogP contribution < -0.4 is 5.32 Å². The van der Waals surface area contributed by atoms with Gasteiger partial charge < -0.3 is 10.1 Å². The van der Waals surface area contributed by atoms with Gasteiger partial charge in [0, 0.05) is 25.2 Å². The topological polar surface area (TPSA) is 24.5 Å². The highest BCUT2D eigenvalue weighted by molar-refractivity contribution is 4.90. The molecule has 3 heteroatoms. The molecule has 64 valence electrons. The molecule has 0 radical (unpaired) electrons. The van der Waals surface area contributed by atoms with Crippen LogP contribution >= 0.6 is 0 Å². The van der Waals surface area contributed by atoms with E-state index in [9.17, 15) is 0 Å². The van der Waals surface area contributed by atoms with E-state index in [1.54, 1.807) is 0 Å². The van der Waals surface area contributed by atoms with E-state index < -0.39 is 0 Å². The summed E-state index contributed by atoms with van der Waals surface area (Å²) in [7, 11) is 2.05. The number of hydrogen-bond donors (Lipinski definition) is 1. The van der Waals surface area contributed by atoms with E-state index in [1.807, 2.05) is 7.05 Å². The van der Waals surface area contributed by atoms with Gasteiger partial charge in [0.2, 0.25) is 0 Å². The van der Waals surface area contributed by atoms with E-state index in [1.165, 1.54) is 13.0 Å². The third kappa shape index (κ3) is 1.41. The molecule has 0 saturated carbocycles. The van der Waals surface area contributed by atoms with Crippen molar-refractivity contribution in [2.75, 3.05) is 33.4 Å². The van der Waals surface area contributed by atoms with Gasteiger partial charge in [-0.05, 0) is 13.5 Å². The monoisotopic (exact) mass is 156 g/mol. The fourth-order valence-corrected chi connectivity index (χ4v) is 2.04. The molecule has 11 heavy (non-hydrogen) atoms. The molecular weight excluding hydrogens is 140 g/mol. The summed E-state index contributed by atoms with van der Waals surface area (Å²) in [6, 6.07) is 1.39. The number of rotatable bonds is 1. The minimum absolute atomic E-state index is 0.696. The van der Waals surface area contributed by atoms with Crippen LogP contribution in [0, 0.1) is 0 Å². The molecular formula is C8H16N2O. The summed E-state index contributed by atoms with van der Waals surface area (Å²) in [6.07, 6.45) is 1.26. The van der Waals surface area contributed by atoms with Crippen molar-refractivity contribution in [1.29, 1.82) is 0 Å². The van der Waals surface area contributed by atoms with Gasteiger partial charge >= 0.3 is 0 Å². The quantitative estimate of drug-likeness (QED) is 0.563. The van der Waals surface area contributed by atoms with Gasteiger partial charge in [-0.3, -0.25) is 4.90 Å². The highest BCUT2D eigenvalue weighted by Gasteiger charge is 2.32. The van der Waals surface area contributed by atoms with Crippen molar-refractivity contribution in [3.8, 4) is 0 Å². The molecule has 0 aliphatic carbocycles. The molecule has 0 aromatic rings. The van der Waals surface area contributed by atoms with Gasteiger partial charge in [-0.1, -0.05) is 0 Å². The van der Waals surface area contributed by atoms with Gasteiger partial charge in [0.05, 0.1) is 13.2 Å². The maximum atomic E-state index is 5.41. The van der Waals surface area contributed by atoms with Crippen molar-refractivity contribution in [2.24, 2.45) is 0 Å². The zero-order valence-corrected chi connectivity index (χ0v) is 7.05. The second-order valence-electron chi connectivity index (χ2n) is 3.44. The highest BCUT2D eigenvalue weighted by Crippen LogP contribution is 2.19. The summed E-state index contributed by atoms with van der Waals surface area (Å²) in [5.74, 6) is 0. The van der Waals surface area contributed by atoms with E-state index >= 15 is 0 Å². The Hall–Kier alpha value is -0.120. The lowest BCUT2D eigenvalue weighted by Crippen LogP contribution is -2.41. The van der Waals surface area contributed by atoms with Gasteiger partial charge in [0.25, 0.3) is 0 Å². The third-order valence-electron chi connectivity index (χ3n) is 2.77. The number of morpholine rings is 1. The molecule has 2 fully saturated rings. The first kappa shape index (κ1) is 7.53. The number of fused-ring (bicyclic) bond motifs is 1. The standard InChI is InChI=1S/C8H16N2O/c1-9-7-4-8-6-11-3-2-10(8)5-7/h7-9H,2-6H2,1H3. The maximum absolute atomic E-state index is 5.41. The molecule has 0 aromatic heterocycles. The first-order chi connectivity index (χ1) is 5.40. The van der Waals surface area contributed by atoms with E-state index in [0.29, 0.717) is 12.1 Å². The molecule has 2 aliphatic rings. The summed E-state index contributed by atoms with van der Waals surface area (Å²) >= 11 is 0. The summed E-state index contributed by atoms with van der Waals surface area (Å²) < 4.78 is 5.41. The molecule has 0 bridgehead atoms. The fraction of sp³-hybridized carbons (Fsp3) is 1.00. The van der Waals surface area contributed by atoms with Crippen LogP contribution in [-0.2, 0) is 4.74 Å². The Balaban J connectivity index is 1.92. The summed E-state index contributed by atoms with van der Waals surface area (Å²) in [5.41, 5.74) is 0. The zero-order chi connectivity index (χ0) is 7.68. The third-order valence-corrected chi connectivity index (χ3v) is 2.77. The SMILES string of the molecule is CNC1CC2COCCN2C1. The van der Waals surface area contributed by atoms with Crippen molar-refractivity contribution in [3.63, 3.8) is 0 Å². The average Bonchev–Trinajstić information content (AvgIpc) is 2.46. The lowest BCUT2D eigenvalue weighted by atomic mass is 10.2. The Kier molecular flexibility index (Phi) is 2.11. The van der Waals surface area contributed by atoms with Crippen LogP contribution in [0.3, 0.4) is 0 Å². The van der Waals surface area contributed by atoms with Crippen LogP contribution in [-0.4, -0.2) is 50.3 Å². The van der Waals surface area contributed by atoms with Gasteiger partial charge in [-0.2, -0.15) is 0 Å². The number of hydrogen-bond acceptors (Lipinski definition) is 3. The number of nitrogens with zero attached hydrogens (tertiary/aromatic N) is 1. The van der Waals surface area contributed by atoms with E-state index in [4.69, 9.17) is 4.74 Å². The van der Waals surface area contributed by atoms with Crippen LogP contribution in [0.15, 0.2) is 0 Å². The Labute approximate surface area is 67.7 Å². The molecule has 0 spiro atoms. The number of likely N-dealkylation sites (N-methyl/N-ethyl adjacent to an activating group) is 1. The fourth-order valence-electron chi connectivity index (χ4n) is 2.04. The van der Waals surface area contributed by atoms with E-state index in [-0.39, 0.29) is 0 Å². The molecule has 0 aromatic carbocycles. The largest absolute Gasteiger partial charge is 0.378 e. The Morgan fingerprint density at radius 1 is 1.55 bits per heavy atom. The van der Waals surface area contributed by atoms with Gasteiger partial charge in [0.1, 0.15) is 0 Å². The van der Waals surface area contributed by atoms with Gasteiger partial charge in [-0.25, -0.2) is 0 Å². The average molecular weight is 156 g/mol. The second kappa shape index (κ2) is 3.09. The maximum Gasteiger partial charge on any atom is 0.0623 e. The van der Waals surface area contributed by atoms with Crippen molar-refractivity contribution >= 4 is 0 Å². The Morgan fingerprint density at radius 3 is 3.18 bits per heavy atom. The molecule has 2 aliphatic heterocycles. The molecule has 3 nitrogen and oxygen atoms in total. The first-order valence-electron chi connectivity index (χ1n) is 4.39. The Morgan fingerprint density at radius 2 is 2.45 bits per heavy atom. The summed E-state index contributed by atoms with van der Waals surface area (Å²) in [4.78, 5) is 2.53.